The highest BCUT2D eigenvalue weighted by Gasteiger charge is 2.22. The van der Waals surface area contributed by atoms with E-state index in [9.17, 15) is 0 Å². The highest BCUT2D eigenvalue weighted by atomic mass is 16.7. The van der Waals surface area contributed by atoms with E-state index in [2.05, 4.69) is 19.3 Å². The first kappa shape index (κ1) is 10.8. The Balaban J connectivity index is 3.98. The lowest BCUT2D eigenvalue weighted by molar-refractivity contribution is -0.130. The third kappa shape index (κ3) is 3.16. The third-order valence-corrected chi connectivity index (χ3v) is 1.67. The molecule has 0 spiro atoms. The van der Waals surface area contributed by atoms with Crippen LogP contribution in [0.4, 0.5) is 0 Å². The molecular formula is C7H18N2O2. The van der Waals surface area contributed by atoms with E-state index in [0.717, 1.165) is 0 Å². The fourth-order valence-electron chi connectivity index (χ4n) is 0.975. The molecule has 0 aromatic heterocycles. The first-order chi connectivity index (χ1) is 5.17. The lowest BCUT2D eigenvalue weighted by atomic mass is 10.1. The van der Waals surface area contributed by atoms with Gasteiger partial charge in [0.2, 0.25) is 0 Å². The SMILES string of the molecule is COC(OC)C(NN)C(C)C. The van der Waals surface area contributed by atoms with Crippen molar-refractivity contribution < 1.29 is 9.47 Å². The van der Waals surface area contributed by atoms with Gasteiger partial charge < -0.3 is 9.47 Å². The Morgan fingerprint density at radius 1 is 1.18 bits per heavy atom. The standard InChI is InChI=1S/C7H18N2O2/c1-5(2)6(9-8)7(10-3)11-4/h5-7,9H,8H2,1-4H3. The molecule has 0 saturated heterocycles. The van der Waals surface area contributed by atoms with E-state index in [0.29, 0.717) is 5.92 Å². The molecule has 0 aliphatic rings. The lowest BCUT2D eigenvalue weighted by Crippen LogP contribution is -2.48. The zero-order valence-electron chi connectivity index (χ0n) is 7.63. The molecule has 0 rings (SSSR count). The van der Waals surface area contributed by atoms with Crippen LogP contribution in [-0.2, 0) is 9.47 Å². The second-order valence-electron chi connectivity index (χ2n) is 2.78. The molecule has 3 N–H and O–H groups in total. The Morgan fingerprint density at radius 3 is 1.73 bits per heavy atom. The highest BCUT2D eigenvalue weighted by molar-refractivity contribution is 4.70. The fraction of sp³-hybridized carbons (Fsp3) is 1.00. The summed E-state index contributed by atoms with van der Waals surface area (Å²) in [5.41, 5.74) is 2.65. The van der Waals surface area contributed by atoms with Crippen LogP contribution in [0.3, 0.4) is 0 Å². The first-order valence-electron chi connectivity index (χ1n) is 3.69. The van der Waals surface area contributed by atoms with E-state index in [-0.39, 0.29) is 12.3 Å². The molecule has 0 fully saturated rings. The van der Waals surface area contributed by atoms with Crippen LogP contribution in [0.15, 0.2) is 0 Å². The molecule has 1 unspecified atom stereocenters. The minimum absolute atomic E-state index is 0.0324. The van der Waals surface area contributed by atoms with Crippen molar-refractivity contribution in [1.82, 2.24) is 5.43 Å². The number of nitrogens with two attached hydrogens (primary N) is 1. The minimum Gasteiger partial charge on any atom is -0.354 e. The van der Waals surface area contributed by atoms with E-state index >= 15 is 0 Å². The molecule has 1 atom stereocenters. The van der Waals surface area contributed by atoms with Crippen molar-refractivity contribution in [3.8, 4) is 0 Å². The van der Waals surface area contributed by atoms with Crippen molar-refractivity contribution in [3.63, 3.8) is 0 Å². The van der Waals surface area contributed by atoms with Crippen LogP contribution in [0.5, 0.6) is 0 Å². The molecule has 4 heteroatoms. The van der Waals surface area contributed by atoms with E-state index in [4.69, 9.17) is 15.3 Å². The summed E-state index contributed by atoms with van der Waals surface area (Å²) in [7, 11) is 3.20. The smallest absolute Gasteiger partial charge is 0.173 e. The van der Waals surface area contributed by atoms with Crippen molar-refractivity contribution in [2.24, 2.45) is 11.8 Å². The van der Waals surface area contributed by atoms with Crippen LogP contribution in [0.1, 0.15) is 13.8 Å². The van der Waals surface area contributed by atoms with E-state index in [1.165, 1.54) is 0 Å². The summed E-state index contributed by atoms with van der Waals surface area (Å²) in [4.78, 5) is 0. The number of hydrazine groups is 1. The summed E-state index contributed by atoms with van der Waals surface area (Å²) >= 11 is 0. The third-order valence-electron chi connectivity index (χ3n) is 1.67. The van der Waals surface area contributed by atoms with Crippen LogP contribution >= 0.6 is 0 Å². The van der Waals surface area contributed by atoms with Gasteiger partial charge in [0.1, 0.15) is 0 Å². The fourth-order valence-corrected chi connectivity index (χ4v) is 0.975. The van der Waals surface area contributed by atoms with Crippen LogP contribution < -0.4 is 11.3 Å². The van der Waals surface area contributed by atoms with E-state index in [1.807, 2.05) is 0 Å². The Morgan fingerprint density at radius 2 is 1.64 bits per heavy atom. The first-order valence-corrected chi connectivity index (χ1v) is 3.69. The van der Waals surface area contributed by atoms with Gasteiger partial charge in [-0.2, -0.15) is 0 Å². The largest absolute Gasteiger partial charge is 0.354 e. The van der Waals surface area contributed by atoms with Gasteiger partial charge in [-0.3, -0.25) is 11.3 Å². The summed E-state index contributed by atoms with van der Waals surface area (Å²) in [6.45, 7) is 4.10. The van der Waals surface area contributed by atoms with Gasteiger partial charge in [-0.25, -0.2) is 0 Å². The van der Waals surface area contributed by atoms with Crippen molar-refractivity contribution in [1.29, 1.82) is 0 Å². The molecule has 11 heavy (non-hydrogen) atoms. The Labute approximate surface area is 68.0 Å². The normalized spacial score (nSPS) is 14.5. The van der Waals surface area contributed by atoms with Crippen LogP contribution in [0.2, 0.25) is 0 Å². The molecule has 0 radical (unpaired) electrons. The van der Waals surface area contributed by atoms with Gasteiger partial charge in [0, 0.05) is 14.2 Å². The average Bonchev–Trinajstić information content (AvgIpc) is 1.99. The summed E-state index contributed by atoms with van der Waals surface area (Å²) in [5.74, 6) is 5.70. The van der Waals surface area contributed by atoms with Gasteiger partial charge >= 0.3 is 0 Å². The zero-order valence-corrected chi connectivity index (χ0v) is 7.63. The number of rotatable bonds is 5. The van der Waals surface area contributed by atoms with Crippen molar-refractivity contribution in [2.75, 3.05) is 14.2 Å². The molecule has 0 bridgehead atoms. The predicted octanol–water partition coefficient (Wildman–Crippen LogP) is 0.0932. The summed E-state index contributed by atoms with van der Waals surface area (Å²) in [6.07, 6.45) is -0.278. The number of methoxy groups -OCH3 is 2. The average molecular weight is 162 g/mol. The Kier molecular flexibility index (Phi) is 5.41. The van der Waals surface area contributed by atoms with Gasteiger partial charge in [-0.05, 0) is 5.92 Å². The highest BCUT2D eigenvalue weighted by Crippen LogP contribution is 2.08. The number of hydrogen-bond acceptors (Lipinski definition) is 4. The molecule has 0 aromatic rings. The maximum absolute atomic E-state index is 5.32. The number of nitrogens with one attached hydrogen (secondary N) is 1. The predicted molar refractivity (Wildman–Crippen MR) is 43.8 cm³/mol. The van der Waals surface area contributed by atoms with E-state index < -0.39 is 0 Å². The molecule has 4 nitrogen and oxygen atoms in total. The molecular weight excluding hydrogens is 144 g/mol. The van der Waals surface area contributed by atoms with Crippen molar-refractivity contribution in [2.45, 2.75) is 26.2 Å². The van der Waals surface area contributed by atoms with Gasteiger partial charge in [-0.1, -0.05) is 13.8 Å². The van der Waals surface area contributed by atoms with Crippen molar-refractivity contribution in [3.05, 3.63) is 0 Å². The molecule has 68 valence electrons. The maximum Gasteiger partial charge on any atom is 0.173 e. The Bertz CT molecular complexity index is 94.4. The molecule has 0 aliphatic carbocycles. The lowest BCUT2D eigenvalue weighted by Gasteiger charge is -2.26. The Hall–Kier alpha value is -0.160. The number of ether oxygens (including phenoxy) is 2. The van der Waals surface area contributed by atoms with Gasteiger partial charge in [-0.15, -0.1) is 0 Å². The summed E-state index contributed by atoms with van der Waals surface area (Å²) in [5, 5.41) is 0. The summed E-state index contributed by atoms with van der Waals surface area (Å²) in [6, 6.07) is 0.0324. The molecule has 0 aliphatic heterocycles. The molecule has 0 amide bonds. The monoisotopic (exact) mass is 162 g/mol. The van der Waals surface area contributed by atoms with Crippen LogP contribution in [0, 0.1) is 5.92 Å². The van der Waals surface area contributed by atoms with Gasteiger partial charge in [0.05, 0.1) is 6.04 Å². The van der Waals surface area contributed by atoms with Crippen LogP contribution in [0.25, 0.3) is 0 Å². The topological polar surface area (TPSA) is 56.5 Å². The second kappa shape index (κ2) is 5.49. The van der Waals surface area contributed by atoms with Crippen molar-refractivity contribution >= 4 is 0 Å². The van der Waals surface area contributed by atoms with Gasteiger partial charge in [0.25, 0.3) is 0 Å². The quantitative estimate of drug-likeness (QED) is 0.342. The number of hydrogen-bond donors (Lipinski definition) is 2. The second-order valence-corrected chi connectivity index (χ2v) is 2.78. The molecule has 0 saturated carbocycles. The maximum atomic E-state index is 5.32. The van der Waals surface area contributed by atoms with Gasteiger partial charge in [0.15, 0.2) is 6.29 Å². The van der Waals surface area contributed by atoms with Crippen LogP contribution in [-0.4, -0.2) is 26.6 Å². The molecule has 0 aromatic carbocycles. The molecule has 0 heterocycles. The van der Waals surface area contributed by atoms with E-state index in [1.54, 1.807) is 14.2 Å². The summed E-state index contributed by atoms with van der Waals surface area (Å²) < 4.78 is 10.1. The zero-order chi connectivity index (χ0) is 8.85. The minimum atomic E-state index is -0.278.